The normalized spacial score (nSPS) is 49.8. The summed E-state index contributed by atoms with van der Waals surface area (Å²) in [6.45, 7) is 21.9. The van der Waals surface area contributed by atoms with Gasteiger partial charge in [0.15, 0.2) is 11.9 Å². The highest BCUT2D eigenvalue weighted by Crippen LogP contribution is 2.75. The first kappa shape index (κ1) is 28.5. The van der Waals surface area contributed by atoms with E-state index in [1.54, 1.807) is 19.9 Å². The van der Waals surface area contributed by atoms with Crippen molar-refractivity contribution in [3.05, 3.63) is 23.1 Å². The summed E-state index contributed by atoms with van der Waals surface area (Å²) in [5, 5.41) is 23.0. The number of carbonyl (C=O) groups is 3. The fourth-order valence-electron chi connectivity index (χ4n) is 10.7. The van der Waals surface area contributed by atoms with Crippen molar-refractivity contribution in [1.82, 2.24) is 0 Å². The number of allylic oxidation sites excluding steroid dienone is 1. The van der Waals surface area contributed by atoms with Gasteiger partial charge in [-0.1, -0.05) is 54.0 Å². The van der Waals surface area contributed by atoms with Crippen LogP contribution >= 0.6 is 0 Å². The first-order chi connectivity index (χ1) is 17.8. The molecule has 0 aromatic rings. The minimum Gasteiger partial charge on any atom is -0.469 e. The van der Waals surface area contributed by atoms with Crippen molar-refractivity contribution < 1.29 is 29.3 Å². The predicted octanol–water partition coefficient (Wildman–Crippen LogP) is 4.90. The van der Waals surface area contributed by atoms with E-state index in [4.69, 9.17) is 11.3 Å². The molecular weight excluding hydrogens is 494 g/mol. The Kier molecular flexibility index (Phi) is 5.87. The van der Waals surface area contributed by atoms with E-state index in [1.165, 1.54) is 7.11 Å². The van der Waals surface area contributed by atoms with Gasteiger partial charge in [0.25, 0.3) is 5.78 Å². The van der Waals surface area contributed by atoms with Crippen molar-refractivity contribution in [2.75, 3.05) is 7.11 Å². The molecular formula is C32H45NO6. The molecule has 5 rings (SSSR count). The summed E-state index contributed by atoms with van der Waals surface area (Å²) >= 11 is 0. The number of rotatable bonds is 1. The summed E-state index contributed by atoms with van der Waals surface area (Å²) in [5.74, 6) is -1.79. The molecule has 2 N–H and O–H groups in total. The molecule has 0 spiro atoms. The van der Waals surface area contributed by atoms with Gasteiger partial charge in [0, 0.05) is 16.7 Å². The smallest absolute Gasteiger partial charge is 0.421 e. The van der Waals surface area contributed by atoms with Crippen LogP contribution in [0.4, 0.5) is 0 Å². The van der Waals surface area contributed by atoms with Crippen LogP contribution in [0.3, 0.4) is 0 Å². The quantitative estimate of drug-likeness (QED) is 0.363. The number of ketones is 2. The van der Waals surface area contributed by atoms with E-state index < -0.39 is 44.7 Å². The van der Waals surface area contributed by atoms with E-state index in [9.17, 15) is 24.6 Å². The van der Waals surface area contributed by atoms with Crippen molar-refractivity contribution in [2.24, 2.45) is 50.2 Å². The summed E-state index contributed by atoms with van der Waals surface area (Å²) in [6, 6.07) is 0. The van der Waals surface area contributed by atoms with Gasteiger partial charge in [-0.05, 0) is 79.1 Å². The van der Waals surface area contributed by atoms with E-state index >= 15 is 0 Å². The molecule has 0 aromatic heterocycles. The maximum Gasteiger partial charge on any atom is 0.421 e. The monoisotopic (exact) mass is 539 g/mol. The maximum absolute atomic E-state index is 14.4. The van der Waals surface area contributed by atoms with Crippen molar-refractivity contribution in [1.29, 1.82) is 0 Å². The van der Waals surface area contributed by atoms with E-state index in [-0.39, 0.29) is 34.9 Å². The highest BCUT2D eigenvalue weighted by Gasteiger charge is 2.77. The minimum absolute atomic E-state index is 0.00861. The first-order valence-electron chi connectivity index (χ1n) is 14.5. The van der Waals surface area contributed by atoms with Crippen molar-refractivity contribution in [3.8, 4) is 0 Å². The molecule has 9 atom stereocenters. The Balaban J connectivity index is 1.72. The van der Waals surface area contributed by atoms with Crippen LogP contribution in [0.1, 0.15) is 93.4 Å². The van der Waals surface area contributed by atoms with E-state index in [2.05, 4.69) is 32.5 Å². The Morgan fingerprint density at radius 2 is 1.64 bits per heavy atom. The molecule has 214 valence electrons. The van der Waals surface area contributed by atoms with E-state index in [0.717, 1.165) is 24.8 Å². The lowest BCUT2D eigenvalue weighted by Crippen LogP contribution is -2.73. The number of methoxy groups -OCH3 is 1. The molecule has 0 aromatic carbocycles. The van der Waals surface area contributed by atoms with Crippen LogP contribution in [0.25, 0.3) is 4.85 Å². The molecule has 7 heteroatoms. The molecule has 0 unspecified atom stereocenters. The third-order valence-electron chi connectivity index (χ3n) is 13.1. The van der Waals surface area contributed by atoms with Crippen LogP contribution in [0.2, 0.25) is 0 Å². The molecule has 4 fully saturated rings. The first-order valence-corrected chi connectivity index (χ1v) is 14.5. The highest BCUT2D eigenvalue weighted by molar-refractivity contribution is 5.98. The third kappa shape index (κ3) is 3.14. The number of nitrogens with zero attached hydrogens (tertiary/aromatic N) is 1. The van der Waals surface area contributed by atoms with Crippen LogP contribution in [-0.4, -0.2) is 46.7 Å². The molecule has 7 nitrogen and oxygen atoms in total. The zero-order valence-electron chi connectivity index (χ0n) is 24.8. The zero-order chi connectivity index (χ0) is 29.2. The SMILES string of the molecule is [C-]#[N+][C@]1(O)C(=O)C(C)(C)[C@@H]2CC[C@]3(C)C(=CC(=O)[C@@H]4[C@@H]5CC(C)(C)CC[C@]5(C(=O)OC)CC[C@]43C)[C@@]2(C)[C@H]1O. The number of fused-ring (bicyclic) bond motifs is 7. The molecule has 0 aliphatic heterocycles. The standard InChI is InChI=1S/C32H45NO6/c1-26(2)12-14-31(25(37)39-9)15-13-29(6)22(18(31)17-26)19(34)16-21-28(29,5)11-10-20-27(3,4)23(35)32(38,33-8)24(36)30(20,21)7/h16,18,20,22,24,36,38H,10-15,17H2,1-7,9H3/t18-,20-,22-,24+,28+,29+,30-,31-,32-/m0/s1. The largest absolute Gasteiger partial charge is 0.469 e. The number of carbonyl (C=O) groups excluding carboxylic acids is 3. The van der Waals surface area contributed by atoms with Gasteiger partial charge in [-0.2, -0.15) is 0 Å². The van der Waals surface area contributed by atoms with Crippen LogP contribution in [-0.2, 0) is 19.1 Å². The van der Waals surface area contributed by atoms with Gasteiger partial charge in [0.05, 0.1) is 12.5 Å². The molecule has 0 radical (unpaired) electrons. The Bertz CT molecular complexity index is 1230. The molecule has 4 saturated carbocycles. The van der Waals surface area contributed by atoms with Crippen LogP contribution in [0.15, 0.2) is 11.6 Å². The fourth-order valence-corrected chi connectivity index (χ4v) is 10.7. The van der Waals surface area contributed by atoms with E-state index in [0.29, 0.717) is 25.7 Å². The second kappa shape index (κ2) is 8.03. The Hall–Kier alpha value is -2.04. The molecule has 39 heavy (non-hydrogen) atoms. The molecule has 0 amide bonds. The number of hydrogen-bond donors (Lipinski definition) is 2. The summed E-state index contributed by atoms with van der Waals surface area (Å²) in [6.07, 6.45) is 5.05. The Morgan fingerprint density at radius 1 is 1.03 bits per heavy atom. The van der Waals surface area contributed by atoms with Crippen LogP contribution in [0, 0.1) is 56.8 Å². The molecule has 5 aliphatic rings. The maximum atomic E-state index is 14.4. The lowest BCUT2D eigenvalue weighted by atomic mass is 9.33. The van der Waals surface area contributed by atoms with Crippen molar-refractivity contribution in [3.63, 3.8) is 0 Å². The highest BCUT2D eigenvalue weighted by atomic mass is 16.5. The van der Waals surface area contributed by atoms with E-state index in [1.807, 2.05) is 6.92 Å². The third-order valence-corrected chi connectivity index (χ3v) is 13.1. The molecule has 0 saturated heterocycles. The van der Waals surface area contributed by atoms with Gasteiger partial charge in [-0.3, -0.25) is 19.2 Å². The Morgan fingerprint density at radius 3 is 2.23 bits per heavy atom. The van der Waals surface area contributed by atoms with Gasteiger partial charge in [-0.15, -0.1) is 0 Å². The minimum atomic E-state index is -2.57. The van der Waals surface area contributed by atoms with Gasteiger partial charge in [0.2, 0.25) is 0 Å². The summed E-state index contributed by atoms with van der Waals surface area (Å²) < 4.78 is 5.38. The number of esters is 1. The summed E-state index contributed by atoms with van der Waals surface area (Å²) in [4.78, 5) is 44.5. The lowest BCUT2D eigenvalue weighted by molar-refractivity contribution is -0.215. The second-order valence-electron chi connectivity index (χ2n) is 15.5. The number of aliphatic hydroxyl groups is 2. The van der Waals surface area contributed by atoms with Gasteiger partial charge >= 0.3 is 11.7 Å². The Labute approximate surface area is 232 Å². The average Bonchev–Trinajstić information content (AvgIpc) is 2.87. The van der Waals surface area contributed by atoms with Crippen LogP contribution < -0.4 is 0 Å². The number of ether oxygens (including phenoxy) is 1. The van der Waals surface area contributed by atoms with Crippen LogP contribution in [0.5, 0.6) is 0 Å². The lowest BCUT2D eigenvalue weighted by Gasteiger charge is -2.69. The summed E-state index contributed by atoms with van der Waals surface area (Å²) in [5.41, 5.74) is -5.74. The van der Waals surface area contributed by atoms with Gasteiger partial charge in [-0.25, -0.2) is 6.57 Å². The second-order valence-corrected chi connectivity index (χ2v) is 15.5. The fraction of sp³-hybridized carbons (Fsp3) is 0.812. The topological polar surface area (TPSA) is 105 Å². The predicted molar refractivity (Wildman–Crippen MR) is 145 cm³/mol. The number of Topliss-reactive ketones (excluding diaryl/α,β-unsaturated/α-hetero) is 1. The zero-order valence-corrected chi connectivity index (χ0v) is 24.8. The number of aliphatic hydroxyl groups excluding tert-OH is 1. The molecule has 0 heterocycles. The van der Waals surface area contributed by atoms with Gasteiger partial charge < -0.3 is 14.9 Å². The van der Waals surface area contributed by atoms with Crippen molar-refractivity contribution in [2.45, 2.75) is 105 Å². The number of hydrogen-bond acceptors (Lipinski definition) is 6. The van der Waals surface area contributed by atoms with Gasteiger partial charge in [0.1, 0.15) is 0 Å². The molecule has 5 aliphatic carbocycles. The average molecular weight is 540 g/mol. The summed E-state index contributed by atoms with van der Waals surface area (Å²) in [7, 11) is 1.44. The molecule has 0 bridgehead atoms. The van der Waals surface area contributed by atoms with Crippen molar-refractivity contribution >= 4 is 17.5 Å².